The van der Waals surface area contributed by atoms with E-state index in [1.807, 2.05) is 41.8 Å². The standard InChI is InChI=1S/C14H9ClN2OS/c15-10-5-2-1-4-9(10)11-8-12(17-14(18)16-11)13-6-3-7-19-13/h1-8H,(H,16,17,18). The van der Waals surface area contributed by atoms with E-state index >= 15 is 0 Å². The second-order valence-electron chi connectivity index (χ2n) is 3.94. The quantitative estimate of drug-likeness (QED) is 0.779. The largest absolute Gasteiger partial charge is 0.345 e. The summed E-state index contributed by atoms with van der Waals surface area (Å²) >= 11 is 7.69. The highest BCUT2D eigenvalue weighted by Gasteiger charge is 2.08. The molecule has 1 aromatic carbocycles. The Hall–Kier alpha value is -1.91. The number of halogens is 1. The molecule has 0 fully saturated rings. The van der Waals surface area contributed by atoms with Crippen LogP contribution in [0.15, 0.2) is 52.6 Å². The number of nitrogens with zero attached hydrogens (tertiary/aromatic N) is 1. The van der Waals surface area contributed by atoms with Gasteiger partial charge in [-0.1, -0.05) is 35.9 Å². The monoisotopic (exact) mass is 288 g/mol. The van der Waals surface area contributed by atoms with Crippen molar-refractivity contribution in [3.63, 3.8) is 0 Å². The maximum Gasteiger partial charge on any atom is 0.345 e. The van der Waals surface area contributed by atoms with E-state index in [9.17, 15) is 4.79 Å². The molecule has 0 spiro atoms. The Morgan fingerprint density at radius 1 is 1.16 bits per heavy atom. The molecule has 5 heteroatoms. The number of nitrogens with one attached hydrogen (secondary N) is 1. The summed E-state index contributed by atoms with van der Waals surface area (Å²) in [5, 5.41) is 2.55. The molecule has 0 unspecified atom stereocenters. The highest BCUT2D eigenvalue weighted by atomic mass is 35.5. The van der Waals surface area contributed by atoms with Crippen LogP contribution in [-0.2, 0) is 0 Å². The number of hydrogen-bond acceptors (Lipinski definition) is 3. The molecule has 0 amide bonds. The summed E-state index contributed by atoms with van der Waals surface area (Å²) in [5.74, 6) is 0. The Kier molecular flexibility index (Phi) is 3.19. The molecule has 0 saturated heterocycles. The predicted octanol–water partition coefficient (Wildman–Crippen LogP) is 3.82. The molecular weight excluding hydrogens is 280 g/mol. The Bertz CT molecular complexity index is 765. The maximum absolute atomic E-state index is 11.7. The number of benzene rings is 1. The van der Waals surface area contributed by atoms with Gasteiger partial charge in [0.15, 0.2) is 0 Å². The lowest BCUT2D eigenvalue weighted by Crippen LogP contribution is -2.11. The van der Waals surface area contributed by atoms with E-state index in [0.29, 0.717) is 16.4 Å². The number of thiophene rings is 1. The van der Waals surface area contributed by atoms with Crippen LogP contribution >= 0.6 is 22.9 Å². The van der Waals surface area contributed by atoms with E-state index in [4.69, 9.17) is 11.6 Å². The van der Waals surface area contributed by atoms with Gasteiger partial charge in [0, 0.05) is 10.6 Å². The third kappa shape index (κ3) is 2.45. The third-order valence-electron chi connectivity index (χ3n) is 2.68. The van der Waals surface area contributed by atoms with E-state index in [2.05, 4.69) is 9.97 Å². The zero-order valence-electron chi connectivity index (χ0n) is 9.76. The number of hydrogen-bond donors (Lipinski definition) is 1. The van der Waals surface area contributed by atoms with Crippen molar-refractivity contribution in [3.05, 3.63) is 63.4 Å². The summed E-state index contributed by atoms with van der Waals surface area (Å²) < 4.78 is 0. The van der Waals surface area contributed by atoms with Crippen LogP contribution in [0.3, 0.4) is 0 Å². The van der Waals surface area contributed by atoms with E-state index in [0.717, 1.165) is 10.4 Å². The fraction of sp³-hybridized carbons (Fsp3) is 0. The van der Waals surface area contributed by atoms with Gasteiger partial charge in [-0.2, -0.15) is 4.98 Å². The molecule has 0 aliphatic rings. The van der Waals surface area contributed by atoms with Gasteiger partial charge in [0.2, 0.25) is 0 Å². The average Bonchev–Trinajstić information content (AvgIpc) is 2.92. The van der Waals surface area contributed by atoms with Gasteiger partial charge in [0.05, 0.1) is 16.3 Å². The second-order valence-corrected chi connectivity index (χ2v) is 5.30. The van der Waals surface area contributed by atoms with E-state index in [1.165, 1.54) is 0 Å². The molecule has 0 aliphatic heterocycles. The normalized spacial score (nSPS) is 10.6. The maximum atomic E-state index is 11.7. The van der Waals surface area contributed by atoms with Crippen molar-refractivity contribution < 1.29 is 0 Å². The highest BCUT2D eigenvalue weighted by molar-refractivity contribution is 7.13. The summed E-state index contributed by atoms with van der Waals surface area (Å²) in [5.41, 5.74) is 1.75. The lowest BCUT2D eigenvalue weighted by molar-refractivity contribution is 1.09. The van der Waals surface area contributed by atoms with Crippen molar-refractivity contribution in [1.29, 1.82) is 0 Å². The SMILES string of the molecule is O=c1nc(-c2cccs2)cc(-c2ccccc2Cl)[nH]1. The Morgan fingerprint density at radius 3 is 2.74 bits per heavy atom. The first kappa shape index (κ1) is 12.1. The van der Waals surface area contributed by atoms with Crippen molar-refractivity contribution in [1.82, 2.24) is 9.97 Å². The topological polar surface area (TPSA) is 45.8 Å². The lowest BCUT2D eigenvalue weighted by Gasteiger charge is -2.05. The van der Waals surface area contributed by atoms with Crippen LogP contribution in [0.5, 0.6) is 0 Å². The summed E-state index contributed by atoms with van der Waals surface area (Å²) in [6, 6.07) is 13.1. The van der Waals surface area contributed by atoms with Crippen molar-refractivity contribution >= 4 is 22.9 Å². The van der Waals surface area contributed by atoms with Crippen molar-refractivity contribution in [2.45, 2.75) is 0 Å². The van der Waals surface area contributed by atoms with E-state index in [1.54, 1.807) is 17.4 Å². The molecular formula is C14H9ClN2OS. The summed E-state index contributed by atoms with van der Waals surface area (Å²) in [4.78, 5) is 19.4. The van der Waals surface area contributed by atoms with Gasteiger partial charge >= 0.3 is 5.69 Å². The first-order valence-corrected chi connectivity index (χ1v) is 6.90. The summed E-state index contributed by atoms with van der Waals surface area (Å²) in [7, 11) is 0. The number of aromatic nitrogens is 2. The zero-order chi connectivity index (χ0) is 13.2. The van der Waals surface area contributed by atoms with Gasteiger partial charge in [-0.3, -0.25) is 0 Å². The summed E-state index contributed by atoms with van der Waals surface area (Å²) in [6.45, 7) is 0. The second kappa shape index (κ2) is 4.99. The Morgan fingerprint density at radius 2 is 2.00 bits per heavy atom. The van der Waals surface area contributed by atoms with Gasteiger partial charge in [0.25, 0.3) is 0 Å². The molecule has 0 aliphatic carbocycles. The highest BCUT2D eigenvalue weighted by Crippen LogP contribution is 2.28. The molecule has 3 rings (SSSR count). The molecule has 0 saturated carbocycles. The van der Waals surface area contributed by atoms with Crippen LogP contribution in [0, 0.1) is 0 Å². The fourth-order valence-corrected chi connectivity index (χ4v) is 2.76. The predicted molar refractivity (Wildman–Crippen MR) is 78.6 cm³/mol. The molecule has 0 bridgehead atoms. The zero-order valence-corrected chi connectivity index (χ0v) is 11.3. The summed E-state index contributed by atoms with van der Waals surface area (Å²) in [6.07, 6.45) is 0. The fourth-order valence-electron chi connectivity index (χ4n) is 1.83. The van der Waals surface area contributed by atoms with Gasteiger partial charge in [0.1, 0.15) is 0 Å². The minimum Gasteiger partial charge on any atom is -0.305 e. The lowest BCUT2D eigenvalue weighted by atomic mass is 10.1. The number of aromatic amines is 1. The van der Waals surface area contributed by atoms with E-state index < -0.39 is 0 Å². The van der Waals surface area contributed by atoms with Gasteiger partial charge in [-0.25, -0.2) is 4.79 Å². The molecule has 3 nitrogen and oxygen atoms in total. The molecule has 94 valence electrons. The van der Waals surface area contributed by atoms with Gasteiger partial charge in [-0.15, -0.1) is 11.3 Å². The van der Waals surface area contributed by atoms with Crippen LogP contribution in [0.1, 0.15) is 0 Å². The Labute approximate surface area is 118 Å². The molecule has 0 atom stereocenters. The first-order chi connectivity index (χ1) is 9.24. The van der Waals surface area contributed by atoms with E-state index in [-0.39, 0.29) is 5.69 Å². The third-order valence-corrected chi connectivity index (χ3v) is 3.90. The molecule has 3 aromatic rings. The first-order valence-electron chi connectivity index (χ1n) is 5.64. The number of H-pyrrole nitrogens is 1. The van der Waals surface area contributed by atoms with Gasteiger partial charge < -0.3 is 4.98 Å². The van der Waals surface area contributed by atoms with Crippen LogP contribution in [0.4, 0.5) is 0 Å². The molecule has 1 N–H and O–H groups in total. The van der Waals surface area contributed by atoms with Gasteiger partial charge in [-0.05, 0) is 23.6 Å². The van der Waals surface area contributed by atoms with Crippen molar-refractivity contribution in [2.24, 2.45) is 0 Å². The van der Waals surface area contributed by atoms with Crippen LogP contribution in [-0.4, -0.2) is 9.97 Å². The molecule has 2 heterocycles. The van der Waals surface area contributed by atoms with Crippen molar-refractivity contribution in [3.8, 4) is 21.8 Å². The molecule has 2 aromatic heterocycles. The minimum absolute atomic E-state index is 0.374. The molecule has 0 radical (unpaired) electrons. The molecule has 19 heavy (non-hydrogen) atoms. The minimum atomic E-state index is -0.374. The van der Waals surface area contributed by atoms with Crippen LogP contribution in [0.2, 0.25) is 5.02 Å². The van der Waals surface area contributed by atoms with Crippen LogP contribution in [0.25, 0.3) is 21.8 Å². The Balaban J connectivity index is 2.19. The number of rotatable bonds is 2. The van der Waals surface area contributed by atoms with Crippen LogP contribution < -0.4 is 5.69 Å². The van der Waals surface area contributed by atoms with Crippen molar-refractivity contribution in [2.75, 3.05) is 0 Å². The average molecular weight is 289 g/mol. The smallest absolute Gasteiger partial charge is 0.305 e.